The highest BCUT2D eigenvalue weighted by Gasteiger charge is 2.33. The molecule has 2 aromatic heterocycles. The second kappa shape index (κ2) is 8.45. The molecule has 1 saturated carbocycles. The number of amides is 1. The molecule has 2 aliphatic rings. The third kappa shape index (κ3) is 4.46. The minimum Gasteiger partial charge on any atom is -0.446 e. The van der Waals surface area contributed by atoms with E-state index in [1.807, 2.05) is 19.1 Å². The van der Waals surface area contributed by atoms with Gasteiger partial charge >= 0.3 is 6.09 Å². The maximum absolute atomic E-state index is 12.4. The SMILES string of the molecule is CC1COCCN1C(=O)O[C@@H]1CC[C@H](c2cc(Nc3cnc(C#N)cn3)n[nH]2)C1. The van der Waals surface area contributed by atoms with Gasteiger partial charge in [-0.3, -0.25) is 5.10 Å². The number of nitrogens with one attached hydrogen (secondary N) is 2. The number of ether oxygens (including phenoxy) is 2. The quantitative estimate of drug-likeness (QED) is 0.804. The number of nitriles is 1. The van der Waals surface area contributed by atoms with Crippen LogP contribution in [-0.2, 0) is 9.47 Å². The van der Waals surface area contributed by atoms with Crippen LogP contribution in [0.1, 0.15) is 43.5 Å². The van der Waals surface area contributed by atoms with Gasteiger partial charge in [-0.1, -0.05) is 0 Å². The highest BCUT2D eigenvalue weighted by Crippen LogP contribution is 2.36. The zero-order valence-electron chi connectivity index (χ0n) is 16.2. The van der Waals surface area contributed by atoms with E-state index >= 15 is 0 Å². The maximum atomic E-state index is 12.4. The van der Waals surface area contributed by atoms with Gasteiger partial charge in [-0.2, -0.15) is 10.4 Å². The summed E-state index contributed by atoms with van der Waals surface area (Å²) in [5.41, 5.74) is 1.25. The zero-order valence-corrected chi connectivity index (χ0v) is 16.2. The zero-order chi connectivity index (χ0) is 20.2. The van der Waals surface area contributed by atoms with E-state index in [1.165, 1.54) is 12.4 Å². The van der Waals surface area contributed by atoms with Crippen molar-refractivity contribution in [3.63, 3.8) is 0 Å². The lowest BCUT2D eigenvalue weighted by Gasteiger charge is -2.33. The maximum Gasteiger partial charge on any atom is 0.410 e. The van der Waals surface area contributed by atoms with Gasteiger partial charge in [-0.25, -0.2) is 14.8 Å². The van der Waals surface area contributed by atoms with E-state index < -0.39 is 0 Å². The highest BCUT2D eigenvalue weighted by atomic mass is 16.6. The van der Waals surface area contributed by atoms with Crippen molar-refractivity contribution in [3.8, 4) is 6.07 Å². The van der Waals surface area contributed by atoms with Gasteiger partial charge in [-0.05, 0) is 26.2 Å². The van der Waals surface area contributed by atoms with E-state index in [0.29, 0.717) is 31.4 Å². The van der Waals surface area contributed by atoms with Gasteiger partial charge in [0, 0.05) is 24.2 Å². The molecule has 1 unspecified atom stereocenters. The van der Waals surface area contributed by atoms with Crippen LogP contribution in [0.15, 0.2) is 18.5 Å². The fourth-order valence-electron chi connectivity index (χ4n) is 3.73. The Hall–Kier alpha value is -3.19. The number of morpholine rings is 1. The van der Waals surface area contributed by atoms with E-state index in [0.717, 1.165) is 25.0 Å². The third-order valence-corrected chi connectivity index (χ3v) is 5.31. The lowest BCUT2D eigenvalue weighted by Crippen LogP contribution is -2.48. The number of anilines is 2. The summed E-state index contributed by atoms with van der Waals surface area (Å²) >= 11 is 0. The Balaban J connectivity index is 1.31. The molecule has 3 atom stereocenters. The fraction of sp³-hybridized carbons (Fsp3) is 0.526. The van der Waals surface area contributed by atoms with Crippen molar-refractivity contribution in [2.45, 2.75) is 44.2 Å². The normalized spacial score (nSPS) is 24.1. The van der Waals surface area contributed by atoms with Gasteiger partial charge in [0.2, 0.25) is 0 Å². The van der Waals surface area contributed by atoms with E-state index in [4.69, 9.17) is 14.7 Å². The number of aromatic nitrogens is 4. The van der Waals surface area contributed by atoms with Crippen LogP contribution in [0.25, 0.3) is 0 Å². The van der Waals surface area contributed by atoms with Crippen LogP contribution < -0.4 is 5.32 Å². The number of hydrogen-bond donors (Lipinski definition) is 2. The lowest BCUT2D eigenvalue weighted by molar-refractivity contribution is -0.0131. The molecule has 10 heteroatoms. The summed E-state index contributed by atoms with van der Waals surface area (Å²) in [6.07, 6.45) is 5.07. The number of carbonyl (C=O) groups excluding carboxylic acids is 1. The van der Waals surface area contributed by atoms with Crippen LogP contribution in [0, 0.1) is 11.3 Å². The van der Waals surface area contributed by atoms with Gasteiger partial charge in [0.05, 0.1) is 31.6 Å². The molecule has 0 spiro atoms. The van der Waals surface area contributed by atoms with Gasteiger partial charge < -0.3 is 19.7 Å². The van der Waals surface area contributed by atoms with E-state index in [9.17, 15) is 4.79 Å². The van der Waals surface area contributed by atoms with Crippen LogP contribution in [0.5, 0.6) is 0 Å². The minimum atomic E-state index is -0.252. The smallest absolute Gasteiger partial charge is 0.410 e. The molecule has 2 aromatic rings. The summed E-state index contributed by atoms with van der Waals surface area (Å²) in [4.78, 5) is 22.3. The summed E-state index contributed by atoms with van der Waals surface area (Å²) in [5.74, 6) is 1.39. The Bertz CT molecular complexity index is 892. The van der Waals surface area contributed by atoms with Crippen molar-refractivity contribution in [3.05, 3.63) is 29.8 Å². The van der Waals surface area contributed by atoms with Gasteiger partial charge in [-0.15, -0.1) is 0 Å². The van der Waals surface area contributed by atoms with E-state index in [2.05, 4.69) is 25.5 Å². The Morgan fingerprint density at radius 1 is 1.38 bits per heavy atom. The Morgan fingerprint density at radius 3 is 3.03 bits per heavy atom. The van der Waals surface area contributed by atoms with Crippen LogP contribution in [-0.4, -0.2) is 63.1 Å². The standard InChI is InChI=1S/C19H23N7O3/c1-12-11-28-5-4-26(12)19(27)29-15-3-2-13(6-15)16-7-17(25-24-16)23-18-10-21-14(8-20)9-22-18/h7,9-10,12-13,15H,2-6,11H2,1H3,(H2,22,23,24,25)/t12?,13-,15+/m0/s1. The van der Waals surface area contributed by atoms with Crippen LogP contribution >= 0.6 is 0 Å². The first-order valence-corrected chi connectivity index (χ1v) is 9.72. The van der Waals surface area contributed by atoms with E-state index in [-0.39, 0.29) is 29.9 Å². The molecule has 0 bridgehead atoms. The Morgan fingerprint density at radius 2 is 2.28 bits per heavy atom. The molecule has 3 heterocycles. The van der Waals surface area contributed by atoms with Gasteiger partial charge in [0.15, 0.2) is 11.5 Å². The number of carbonyl (C=O) groups is 1. The fourth-order valence-corrected chi connectivity index (χ4v) is 3.73. The monoisotopic (exact) mass is 397 g/mol. The predicted molar refractivity (Wildman–Crippen MR) is 102 cm³/mol. The molecule has 1 aliphatic heterocycles. The average Bonchev–Trinajstić information content (AvgIpc) is 3.38. The molecule has 1 amide bonds. The second-order valence-corrected chi connectivity index (χ2v) is 7.37. The largest absolute Gasteiger partial charge is 0.446 e. The lowest BCUT2D eigenvalue weighted by atomic mass is 10.0. The molecule has 152 valence electrons. The van der Waals surface area contributed by atoms with Crippen molar-refractivity contribution < 1.29 is 14.3 Å². The molecular weight excluding hydrogens is 374 g/mol. The first kappa shape index (κ1) is 19.1. The number of H-pyrrole nitrogens is 1. The van der Waals surface area contributed by atoms with Crippen LogP contribution in [0.2, 0.25) is 0 Å². The molecule has 29 heavy (non-hydrogen) atoms. The van der Waals surface area contributed by atoms with Crippen molar-refractivity contribution >= 4 is 17.7 Å². The minimum absolute atomic E-state index is 0.0417. The van der Waals surface area contributed by atoms with Crippen molar-refractivity contribution in [2.24, 2.45) is 0 Å². The molecule has 0 radical (unpaired) electrons. The summed E-state index contributed by atoms with van der Waals surface area (Å²) in [5, 5.41) is 19.2. The summed E-state index contributed by atoms with van der Waals surface area (Å²) in [6.45, 7) is 3.65. The summed E-state index contributed by atoms with van der Waals surface area (Å²) in [7, 11) is 0. The number of rotatable bonds is 4. The van der Waals surface area contributed by atoms with Crippen molar-refractivity contribution in [2.75, 3.05) is 25.1 Å². The molecular formula is C19H23N7O3. The van der Waals surface area contributed by atoms with E-state index in [1.54, 1.807) is 4.90 Å². The average molecular weight is 397 g/mol. The number of nitrogens with zero attached hydrogens (tertiary/aromatic N) is 5. The second-order valence-electron chi connectivity index (χ2n) is 7.37. The van der Waals surface area contributed by atoms with Crippen molar-refractivity contribution in [1.29, 1.82) is 5.26 Å². The van der Waals surface area contributed by atoms with Gasteiger partial charge in [0.1, 0.15) is 18.0 Å². The molecule has 10 nitrogen and oxygen atoms in total. The molecule has 0 aromatic carbocycles. The molecule has 4 rings (SSSR count). The molecule has 2 fully saturated rings. The first-order valence-electron chi connectivity index (χ1n) is 9.72. The Kier molecular flexibility index (Phi) is 5.57. The molecule has 2 N–H and O–H groups in total. The first-order chi connectivity index (χ1) is 14.1. The molecule has 1 saturated heterocycles. The van der Waals surface area contributed by atoms with Crippen LogP contribution in [0.4, 0.5) is 16.4 Å². The Labute approximate surface area is 168 Å². The number of aromatic amines is 1. The van der Waals surface area contributed by atoms with Crippen LogP contribution in [0.3, 0.4) is 0 Å². The highest BCUT2D eigenvalue weighted by molar-refractivity contribution is 5.68. The van der Waals surface area contributed by atoms with Crippen molar-refractivity contribution in [1.82, 2.24) is 25.1 Å². The predicted octanol–water partition coefficient (Wildman–Crippen LogP) is 2.31. The van der Waals surface area contributed by atoms with Gasteiger partial charge in [0.25, 0.3) is 0 Å². The number of hydrogen-bond acceptors (Lipinski definition) is 8. The molecule has 1 aliphatic carbocycles. The summed E-state index contributed by atoms with van der Waals surface area (Å²) < 4.78 is 11.1. The topological polar surface area (TPSA) is 129 Å². The summed E-state index contributed by atoms with van der Waals surface area (Å²) in [6, 6.07) is 3.90. The third-order valence-electron chi connectivity index (χ3n) is 5.31.